The number of aliphatic hydroxyl groups excluding tert-OH is 3. The van der Waals surface area contributed by atoms with Gasteiger partial charge in [0.15, 0.2) is 0 Å². The molecule has 0 spiro atoms. The molecular formula is C42H46F3N3O7. The molecule has 6 atom stereocenters. The Balaban J connectivity index is 1.00. The number of benzene rings is 3. The number of unbranched alkanes of at least 4 members (excludes halogenated alkanes) is 1. The van der Waals surface area contributed by atoms with Crippen molar-refractivity contribution >= 4 is 28.3 Å². The van der Waals surface area contributed by atoms with Gasteiger partial charge in [-0.2, -0.15) is 13.2 Å². The zero-order valence-electron chi connectivity index (χ0n) is 30.1. The van der Waals surface area contributed by atoms with E-state index in [2.05, 4.69) is 10.3 Å². The van der Waals surface area contributed by atoms with Crippen LogP contribution < -0.4 is 15.8 Å². The topological polar surface area (TPSA) is 164 Å². The first-order valence-electron chi connectivity index (χ1n) is 18.2. The molecule has 1 saturated carbocycles. The van der Waals surface area contributed by atoms with Crippen LogP contribution in [0.2, 0.25) is 0 Å². The summed E-state index contributed by atoms with van der Waals surface area (Å²) in [4.78, 5) is 29.6. The molecule has 0 bridgehead atoms. The molecule has 0 aliphatic heterocycles. The fourth-order valence-electron chi connectivity index (χ4n) is 6.56. The highest BCUT2D eigenvalue weighted by Gasteiger charge is 2.39. The summed E-state index contributed by atoms with van der Waals surface area (Å²) in [5, 5.41) is 36.2. The highest BCUT2D eigenvalue weighted by atomic mass is 19.4. The molecule has 292 valence electrons. The minimum Gasteiger partial charge on any atom is -0.491 e. The van der Waals surface area contributed by atoms with Gasteiger partial charge in [-0.25, -0.2) is 0 Å². The van der Waals surface area contributed by atoms with E-state index in [0.29, 0.717) is 24.9 Å². The Hall–Kier alpha value is -5.08. The lowest BCUT2D eigenvalue weighted by molar-refractivity contribution is -0.145. The number of esters is 1. The summed E-state index contributed by atoms with van der Waals surface area (Å²) in [6.07, 6.45) is 5.02. The van der Waals surface area contributed by atoms with Crippen LogP contribution in [0.25, 0.3) is 10.8 Å². The van der Waals surface area contributed by atoms with Gasteiger partial charge in [0.25, 0.3) is 0 Å². The minimum atomic E-state index is -4.51. The summed E-state index contributed by atoms with van der Waals surface area (Å²) >= 11 is 0. The van der Waals surface area contributed by atoms with E-state index in [-0.39, 0.29) is 56.1 Å². The van der Waals surface area contributed by atoms with Crippen LogP contribution in [0.4, 0.5) is 18.9 Å². The Morgan fingerprint density at radius 2 is 1.80 bits per heavy atom. The number of ether oxygens (including phenoxy) is 2. The number of amides is 1. The number of aliphatic hydroxyl groups is 3. The fourth-order valence-corrected chi connectivity index (χ4v) is 6.56. The Morgan fingerprint density at radius 3 is 2.56 bits per heavy atom. The van der Waals surface area contributed by atoms with Crippen molar-refractivity contribution in [3.05, 3.63) is 126 Å². The Morgan fingerprint density at radius 1 is 1.00 bits per heavy atom. The van der Waals surface area contributed by atoms with Crippen molar-refractivity contribution in [3.8, 4) is 5.75 Å². The lowest BCUT2D eigenvalue weighted by Gasteiger charge is -2.19. The van der Waals surface area contributed by atoms with Crippen molar-refractivity contribution in [2.75, 3.05) is 18.5 Å². The maximum absolute atomic E-state index is 13.1. The number of allylic oxidation sites excluding steroid dienone is 2. The number of anilines is 1. The van der Waals surface area contributed by atoms with Gasteiger partial charge in [-0.3, -0.25) is 14.6 Å². The number of hydrogen-bond acceptors (Lipinski definition) is 9. The van der Waals surface area contributed by atoms with Crippen LogP contribution >= 0.6 is 0 Å². The molecule has 3 aromatic carbocycles. The number of fused-ring (bicyclic) bond motifs is 1. The van der Waals surface area contributed by atoms with Crippen LogP contribution in [-0.4, -0.2) is 63.6 Å². The maximum Gasteiger partial charge on any atom is 0.416 e. The molecule has 1 fully saturated rings. The molecule has 1 aliphatic carbocycles. The number of pyridine rings is 1. The van der Waals surface area contributed by atoms with Crippen LogP contribution in [0.1, 0.15) is 54.7 Å². The van der Waals surface area contributed by atoms with Gasteiger partial charge in [0.2, 0.25) is 5.91 Å². The number of nitrogens with one attached hydrogen (secondary N) is 1. The third-order valence-electron chi connectivity index (χ3n) is 9.62. The number of nitrogens with zero attached hydrogens (tertiary/aromatic N) is 1. The molecular weight excluding hydrogens is 715 g/mol. The Kier molecular flexibility index (Phi) is 14.6. The van der Waals surface area contributed by atoms with Crippen molar-refractivity contribution in [1.82, 2.24) is 4.98 Å². The lowest BCUT2D eigenvalue weighted by atomic mass is 9.89. The zero-order chi connectivity index (χ0) is 39.4. The first kappa shape index (κ1) is 41.1. The van der Waals surface area contributed by atoms with Crippen molar-refractivity contribution in [3.63, 3.8) is 0 Å². The van der Waals surface area contributed by atoms with Crippen LogP contribution in [0.15, 0.2) is 109 Å². The predicted octanol–water partition coefficient (Wildman–Crippen LogP) is 6.45. The summed E-state index contributed by atoms with van der Waals surface area (Å²) in [5.41, 5.74) is 7.29. The van der Waals surface area contributed by atoms with Crippen molar-refractivity contribution in [2.45, 2.75) is 69.1 Å². The summed E-state index contributed by atoms with van der Waals surface area (Å²) in [5.74, 6) is -1.93. The molecule has 1 heterocycles. The van der Waals surface area contributed by atoms with Crippen LogP contribution in [-0.2, 0) is 27.1 Å². The highest BCUT2D eigenvalue weighted by Crippen LogP contribution is 2.36. The predicted molar refractivity (Wildman–Crippen MR) is 202 cm³/mol. The molecule has 0 saturated heterocycles. The second-order valence-corrected chi connectivity index (χ2v) is 13.6. The second kappa shape index (κ2) is 19.5. The van der Waals surface area contributed by atoms with E-state index in [0.717, 1.165) is 34.0 Å². The van der Waals surface area contributed by atoms with Gasteiger partial charge in [-0.05, 0) is 78.1 Å². The van der Waals surface area contributed by atoms with E-state index in [4.69, 9.17) is 15.2 Å². The molecule has 4 aromatic rings. The molecule has 1 unspecified atom stereocenters. The smallest absolute Gasteiger partial charge is 0.416 e. The molecule has 1 amide bonds. The van der Waals surface area contributed by atoms with Gasteiger partial charge in [-0.1, -0.05) is 60.7 Å². The maximum atomic E-state index is 13.1. The number of nitrogens with two attached hydrogens (primary N) is 1. The van der Waals surface area contributed by atoms with Gasteiger partial charge in [-0.15, -0.1) is 0 Å². The SMILES string of the molecule is NCC(C(=O)Nc1ccc2cnccc2c1)c1ccc(COC(=O)CCCC=CC[C@@H]2[C@H](C=C[C@@H](O)COc3cccc(C(F)(F)F)c3)[C@H](O)C[C@H]2O)cc1. The first-order chi connectivity index (χ1) is 26.4. The summed E-state index contributed by atoms with van der Waals surface area (Å²) in [7, 11) is 0. The standard InChI is InChI=1S/C42H46F3N3O7/c43-42(44,45)31-6-5-7-34(21-31)54-26-33(49)16-17-36-35(38(50)22-39(36)51)8-3-1-2-4-9-40(52)55-25-27-10-12-28(13-11-27)37(23-46)41(53)48-32-15-14-30-24-47-19-18-29(30)20-32/h1,3,5-7,10-21,24,33,35-39,49-51H,2,4,8-9,22-23,25-26,46H2,(H,48,53)/t33-,35-,36+,37?,38-,39-/m1/s1. The number of rotatable bonds is 17. The molecule has 13 heteroatoms. The summed E-state index contributed by atoms with van der Waals surface area (Å²) < 4.78 is 49.6. The average molecular weight is 762 g/mol. The molecule has 10 nitrogen and oxygen atoms in total. The van der Waals surface area contributed by atoms with E-state index in [1.165, 1.54) is 18.2 Å². The molecule has 0 radical (unpaired) electrons. The summed E-state index contributed by atoms with van der Waals surface area (Å²) in [6, 6.07) is 19.1. The molecule has 1 aliphatic rings. The average Bonchev–Trinajstić information content (AvgIpc) is 3.44. The van der Waals surface area contributed by atoms with Gasteiger partial charge in [0.1, 0.15) is 25.1 Å². The van der Waals surface area contributed by atoms with Crippen LogP contribution in [0, 0.1) is 11.8 Å². The van der Waals surface area contributed by atoms with Crippen molar-refractivity contribution in [2.24, 2.45) is 17.6 Å². The third kappa shape index (κ3) is 12.0. The van der Waals surface area contributed by atoms with Gasteiger partial charge >= 0.3 is 12.1 Å². The van der Waals surface area contributed by atoms with Crippen LogP contribution in [0.5, 0.6) is 5.75 Å². The van der Waals surface area contributed by atoms with E-state index in [1.54, 1.807) is 42.7 Å². The lowest BCUT2D eigenvalue weighted by Crippen LogP contribution is -2.27. The fraction of sp³-hybridized carbons (Fsp3) is 0.357. The van der Waals surface area contributed by atoms with Gasteiger partial charge in [0.05, 0.1) is 23.7 Å². The Labute approximate surface area is 317 Å². The molecule has 1 aromatic heterocycles. The van der Waals surface area contributed by atoms with E-state index >= 15 is 0 Å². The second-order valence-electron chi connectivity index (χ2n) is 13.6. The quantitative estimate of drug-likeness (QED) is 0.0462. The minimum absolute atomic E-state index is 0.0300. The normalized spacial score (nSPS) is 19.8. The third-order valence-corrected chi connectivity index (χ3v) is 9.62. The molecule has 6 N–H and O–H groups in total. The number of alkyl halides is 3. The number of halogens is 3. The molecule has 5 rings (SSSR count). The van der Waals surface area contributed by atoms with Crippen molar-refractivity contribution < 1.29 is 47.6 Å². The highest BCUT2D eigenvalue weighted by molar-refractivity contribution is 5.98. The van der Waals surface area contributed by atoms with Gasteiger partial charge in [0, 0.05) is 48.8 Å². The largest absolute Gasteiger partial charge is 0.491 e. The van der Waals surface area contributed by atoms with E-state index < -0.39 is 41.9 Å². The van der Waals surface area contributed by atoms with Crippen molar-refractivity contribution in [1.29, 1.82) is 0 Å². The number of carbonyl (C=O) groups is 2. The Bertz CT molecular complexity index is 1940. The summed E-state index contributed by atoms with van der Waals surface area (Å²) in [6.45, 7) is -0.0853. The zero-order valence-corrected chi connectivity index (χ0v) is 30.1. The monoisotopic (exact) mass is 761 g/mol. The van der Waals surface area contributed by atoms with Gasteiger partial charge < -0.3 is 35.8 Å². The first-order valence-corrected chi connectivity index (χ1v) is 18.2. The van der Waals surface area contributed by atoms with E-state index in [1.807, 2.05) is 36.4 Å². The van der Waals surface area contributed by atoms with E-state index in [9.17, 15) is 38.1 Å². The number of carbonyl (C=O) groups excluding carboxylic acids is 2. The number of aromatic nitrogens is 1. The number of hydrogen-bond donors (Lipinski definition) is 5. The van der Waals surface area contributed by atoms with Crippen LogP contribution in [0.3, 0.4) is 0 Å². The molecule has 55 heavy (non-hydrogen) atoms.